The maximum atomic E-state index is 6.09. The van der Waals surface area contributed by atoms with Crippen LogP contribution in [0.3, 0.4) is 0 Å². The fraction of sp³-hybridized carbons (Fsp3) is 0.586. The first-order valence-corrected chi connectivity index (χ1v) is 13.0. The first kappa shape index (κ1) is 22.7. The molecule has 5 rings (SSSR count). The van der Waals surface area contributed by atoms with Crippen molar-refractivity contribution >= 4 is 0 Å². The third kappa shape index (κ3) is 5.38. The number of benzene rings is 2. The van der Waals surface area contributed by atoms with Gasteiger partial charge in [0.05, 0.1) is 13.2 Å². The molecule has 0 spiro atoms. The summed E-state index contributed by atoms with van der Waals surface area (Å²) >= 11 is 0. The second-order valence-electron chi connectivity index (χ2n) is 10.1. The van der Waals surface area contributed by atoms with Crippen molar-refractivity contribution in [1.29, 1.82) is 0 Å². The minimum Gasteiger partial charge on any atom is -0.465 e. The van der Waals surface area contributed by atoms with Gasteiger partial charge in [-0.3, -0.25) is 0 Å². The average Bonchev–Trinajstić information content (AvgIpc) is 2.87. The zero-order chi connectivity index (χ0) is 22.5. The van der Waals surface area contributed by atoms with Crippen LogP contribution in [0.25, 0.3) is 0 Å². The fourth-order valence-corrected chi connectivity index (χ4v) is 5.62. The quantitative estimate of drug-likeness (QED) is 0.475. The monoisotopic (exact) mass is 450 g/mol. The van der Waals surface area contributed by atoms with Gasteiger partial charge in [0.15, 0.2) is 12.6 Å². The van der Waals surface area contributed by atoms with Crippen LogP contribution in [0.5, 0.6) is 11.5 Å². The number of hydrogen-bond acceptors (Lipinski definition) is 4. The van der Waals surface area contributed by atoms with E-state index in [2.05, 4.69) is 55.5 Å². The Kier molecular flexibility index (Phi) is 7.22. The van der Waals surface area contributed by atoms with Crippen molar-refractivity contribution < 1.29 is 18.9 Å². The summed E-state index contributed by atoms with van der Waals surface area (Å²) in [5.74, 6) is 2.60. The summed E-state index contributed by atoms with van der Waals surface area (Å²) in [6.45, 7) is 3.99. The minimum atomic E-state index is -0.102. The molecule has 0 N–H and O–H groups in total. The van der Waals surface area contributed by atoms with Crippen LogP contribution in [-0.2, 0) is 14.9 Å². The van der Waals surface area contributed by atoms with E-state index >= 15 is 0 Å². The van der Waals surface area contributed by atoms with Gasteiger partial charge >= 0.3 is 0 Å². The first-order valence-electron chi connectivity index (χ1n) is 13.0. The molecule has 2 aromatic carbocycles. The number of rotatable bonds is 6. The Bertz CT molecular complexity index is 790. The topological polar surface area (TPSA) is 36.9 Å². The van der Waals surface area contributed by atoms with E-state index in [9.17, 15) is 0 Å². The van der Waals surface area contributed by atoms with Gasteiger partial charge in [0, 0.05) is 18.3 Å². The molecule has 2 aliphatic heterocycles. The van der Waals surface area contributed by atoms with Gasteiger partial charge in [-0.15, -0.1) is 0 Å². The summed E-state index contributed by atoms with van der Waals surface area (Å²) < 4.78 is 23.7. The Morgan fingerprint density at radius 1 is 0.636 bits per heavy atom. The second kappa shape index (κ2) is 10.5. The van der Waals surface area contributed by atoms with E-state index in [4.69, 9.17) is 18.9 Å². The molecule has 33 heavy (non-hydrogen) atoms. The highest BCUT2D eigenvalue weighted by molar-refractivity contribution is 5.44. The van der Waals surface area contributed by atoms with Crippen LogP contribution >= 0.6 is 0 Å². The Labute approximate surface area is 198 Å². The lowest BCUT2D eigenvalue weighted by atomic mass is 9.63. The zero-order valence-corrected chi connectivity index (χ0v) is 20.0. The van der Waals surface area contributed by atoms with Crippen LogP contribution in [0, 0.1) is 5.92 Å². The van der Waals surface area contributed by atoms with Crippen molar-refractivity contribution in [1.82, 2.24) is 0 Å². The summed E-state index contributed by atoms with van der Waals surface area (Å²) in [5, 5.41) is 0. The Balaban J connectivity index is 1.34. The minimum absolute atomic E-state index is 0.0479. The molecule has 0 radical (unpaired) electrons. The molecule has 0 bridgehead atoms. The molecule has 4 nitrogen and oxygen atoms in total. The van der Waals surface area contributed by atoms with E-state index in [1.165, 1.54) is 49.7 Å². The molecular formula is C29H38O4. The van der Waals surface area contributed by atoms with E-state index in [1.54, 1.807) is 0 Å². The third-order valence-electron chi connectivity index (χ3n) is 7.75. The molecule has 3 aliphatic rings. The van der Waals surface area contributed by atoms with Crippen LogP contribution in [0.1, 0.15) is 82.3 Å². The van der Waals surface area contributed by atoms with E-state index in [-0.39, 0.29) is 18.0 Å². The highest BCUT2D eigenvalue weighted by Crippen LogP contribution is 2.47. The molecule has 2 saturated heterocycles. The highest BCUT2D eigenvalue weighted by Gasteiger charge is 2.37. The van der Waals surface area contributed by atoms with Crippen LogP contribution in [0.4, 0.5) is 0 Å². The molecule has 2 atom stereocenters. The molecular weight excluding hydrogens is 412 g/mol. The third-order valence-corrected chi connectivity index (χ3v) is 7.75. The lowest BCUT2D eigenvalue weighted by Crippen LogP contribution is -2.32. The Hall–Kier alpha value is -2.04. The molecule has 2 unspecified atom stereocenters. The summed E-state index contributed by atoms with van der Waals surface area (Å²) in [6, 6.07) is 17.6. The predicted molar refractivity (Wildman–Crippen MR) is 130 cm³/mol. The van der Waals surface area contributed by atoms with Crippen LogP contribution in [0.2, 0.25) is 0 Å². The van der Waals surface area contributed by atoms with Crippen LogP contribution < -0.4 is 9.47 Å². The lowest BCUT2D eigenvalue weighted by molar-refractivity contribution is -0.106. The first-order chi connectivity index (χ1) is 16.2. The number of ether oxygens (including phenoxy) is 4. The normalized spacial score (nSPS) is 30.5. The molecule has 3 fully saturated rings. The SMILES string of the molecule is CC1CCC(c2ccc(OC3CCCCO3)cc2)(c2ccc(OC3CCCCO3)cc2)CC1. The summed E-state index contributed by atoms with van der Waals surface area (Å²) in [7, 11) is 0. The molecule has 1 saturated carbocycles. The molecule has 4 heteroatoms. The maximum absolute atomic E-state index is 6.09. The van der Waals surface area contributed by atoms with Crippen molar-refractivity contribution in [2.24, 2.45) is 5.92 Å². The zero-order valence-electron chi connectivity index (χ0n) is 20.0. The molecule has 2 heterocycles. The average molecular weight is 451 g/mol. The highest BCUT2D eigenvalue weighted by atomic mass is 16.7. The molecule has 1 aliphatic carbocycles. The Morgan fingerprint density at radius 2 is 1.09 bits per heavy atom. The second-order valence-corrected chi connectivity index (χ2v) is 10.1. The van der Waals surface area contributed by atoms with Gasteiger partial charge in [0.25, 0.3) is 0 Å². The molecule has 0 aromatic heterocycles. The lowest BCUT2D eigenvalue weighted by Gasteiger charge is -2.41. The summed E-state index contributed by atoms with van der Waals surface area (Å²) in [5.41, 5.74) is 2.82. The van der Waals surface area contributed by atoms with E-state index in [0.29, 0.717) is 0 Å². The summed E-state index contributed by atoms with van der Waals surface area (Å²) in [4.78, 5) is 0. The largest absolute Gasteiger partial charge is 0.465 e. The van der Waals surface area contributed by atoms with Crippen LogP contribution in [0.15, 0.2) is 48.5 Å². The van der Waals surface area contributed by atoms with Gasteiger partial charge < -0.3 is 18.9 Å². The fourth-order valence-electron chi connectivity index (χ4n) is 5.62. The molecule has 0 amide bonds. The van der Waals surface area contributed by atoms with Gasteiger partial charge in [0.1, 0.15) is 11.5 Å². The van der Waals surface area contributed by atoms with E-state index in [1.807, 2.05) is 0 Å². The van der Waals surface area contributed by atoms with Gasteiger partial charge in [-0.2, -0.15) is 0 Å². The molecule has 2 aromatic rings. The smallest absolute Gasteiger partial charge is 0.199 e. The standard InChI is InChI=1S/C29H38O4/c1-22-16-18-29(19-17-22,23-8-12-25(13-9-23)32-27-6-2-4-20-30-27)24-10-14-26(15-11-24)33-28-7-3-5-21-31-28/h8-15,22,27-28H,2-7,16-21H2,1H3. The Morgan fingerprint density at radius 3 is 1.48 bits per heavy atom. The predicted octanol–water partition coefficient (Wildman–Crippen LogP) is 6.99. The molecule has 178 valence electrons. The van der Waals surface area contributed by atoms with Crippen molar-refractivity contribution in [2.45, 2.75) is 89.1 Å². The van der Waals surface area contributed by atoms with E-state index < -0.39 is 0 Å². The maximum Gasteiger partial charge on any atom is 0.199 e. The summed E-state index contributed by atoms with van der Waals surface area (Å²) in [6.07, 6.45) is 11.2. The van der Waals surface area contributed by atoms with Crippen molar-refractivity contribution in [3.63, 3.8) is 0 Å². The van der Waals surface area contributed by atoms with E-state index in [0.717, 1.165) is 56.3 Å². The van der Waals surface area contributed by atoms with Crippen molar-refractivity contribution in [3.05, 3.63) is 59.7 Å². The van der Waals surface area contributed by atoms with Gasteiger partial charge in [0.2, 0.25) is 0 Å². The van der Waals surface area contributed by atoms with Gasteiger partial charge in [-0.05, 0) is 92.7 Å². The van der Waals surface area contributed by atoms with Crippen LogP contribution in [-0.4, -0.2) is 25.8 Å². The van der Waals surface area contributed by atoms with Crippen molar-refractivity contribution in [2.75, 3.05) is 13.2 Å². The number of hydrogen-bond donors (Lipinski definition) is 0. The van der Waals surface area contributed by atoms with Gasteiger partial charge in [-0.1, -0.05) is 31.2 Å². The van der Waals surface area contributed by atoms with Crippen molar-refractivity contribution in [3.8, 4) is 11.5 Å². The van der Waals surface area contributed by atoms with Gasteiger partial charge in [-0.25, -0.2) is 0 Å².